The summed E-state index contributed by atoms with van der Waals surface area (Å²) in [6.45, 7) is 3.74. The van der Waals surface area contributed by atoms with E-state index in [0.29, 0.717) is 22.5 Å². The molecule has 1 unspecified atom stereocenters. The highest BCUT2D eigenvalue weighted by molar-refractivity contribution is 7.15. The lowest BCUT2D eigenvalue weighted by Crippen LogP contribution is -2.42. The minimum atomic E-state index is -1.09. The van der Waals surface area contributed by atoms with Gasteiger partial charge >= 0.3 is 0 Å². The zero-order valence-corrected chi connectivity index (χ0v) is 16.9. The Morgan fingerprint density at radius 3 is 2.58 bits per heavy atom. The number of benzene rings is 1. The molecular formula is C17H19Cl2N3O3S. The number of ether oxygens (including phenoxy) is 2. The van der Waals surface area contributed by atoms with Crippen molar-refractivity contribution in [1.82, 2.24) is 10.2 Å². The van der Waals surface area contributed by atoms with Crippen molar-refractivity contribution >= 4 is 45.6 Å². The van der Waals surface area contributed by atoms with Gasteiger partial charge in [-0.05, 0) is 38.0 Å². The van der Waals surface area contributed by atoms with Gasteiger partial charge in [0.05, 0.1) is 0 Å². The molecule has 0 radical (unpaired) electrons. The van der Waals surface area contributed by atoms with Crippen LogP contribution >= 0.6 is 34.5 Å². The molecular weight excluding hydrogens is 397 g/mol. The molecule has 6 nitrogen and oxygen atoms in total. The van der Waals surface area contributed by atoms with Crippen molar-refractivity contribution in [3.05, 3.63) is 34.8 Å². The van der Waals surface area contributed by atoms with Gasteiger partial charge in [-0.1, -0.05) is 23.5 Å². The van der Waals surface area contributed by atoms with Gasteiger partial charge in [0.1, 0.15) is 21.7 Å². The molecule has 140 valence electrons. The second-order valence-corrected chi connectivity index (χ2v) is 9.19. The normalized spacial score (nSPS) is 18.4. The summed E-state index contributed by atoms with van der Waals surface area (Å²) in [7, 11) is 1.57. The fourth-order valence-electron chi connectivity index (χ4n) is 2.42. The monoisotopic (exact) mass is 415 g/mol. The Kier molecular flexibility index (Phi) is 5.44. The molecule has 3 rings (SSSR count). The Labute approximate surface area is 165 Å². The number of nitrogens with zero attached hydrogens (tertiary/aromatic N) is 2. The van der Waals surface area contributed by atoms with Crippen molar-refractivity contribution < 1.29 is 14.3 Å². The van der Waals surface area contributed by atoms with E-state index in [0.717, 1.165) is 12.0 Å². The van der Waals surface area contributed by atoms with Crippen LogP contribution in [0, 0.1) is 0 Å². The maximum atomic E-state index is 12.5. The van der Waals surface area contributed by atoms with E-state index < -0.39 is 9.93 Å². The number of anilines is 1. The average Bonchev–Trinajstić information content (AvgIpc) is 2.99. The molecule has 1 saturated carbocycles. The molecule has 1 aromatic carbocycles. The lowest BCUT2D eigenvalue weighted by Gasteiger charge is -2.24. The van der Waals surface area contributed by atoms with Crippen LogP contribution in [0.4, 0.5) is 5.13 Å². The van der Waals surface area contributed by atoms with Gasteiger partial charge in [0, 0.05) is 13.0 Å². The van der Waals surface area contributed by atoms with Crippen molar-refractivity contribution in [2.24, 2.45) is 0 Å². The van der Waals surface area contributed by atoms with Crippen molar-refractivity contribution in [3.8, 4) is 5.75 Å². The quantitative estimate of drug-likeness (QED) is 0.687. The number of rotatable bonds is 7. The summed E-state index contributed by atoms with van der Waals surface area (Å²) < 4.78 is 10.2. The fraction of sp³-hybridized carbons (Fsp3) is 0.471. The minimum absolute atomic E-state index is 0.148. The predicted octanol–water partition coefficient (Wildman–Crippen LogP) is 4.14. The summed E-state index contributed by atoms with van der Waals surface area (Å²) in [5, 5.41) is 11.7. The van der Waals surface area contributed by atoms with Crippen LogP contribution in [0.15, 0.2) is 24.3 Å². The maximum Gasteiger partial charge on any atom is 0.269 e. The third-order valence-electron chi connectivity index (χ3n) is 3.98. The van der Waals surface area contributed by atoms with Crippen LogP contribution in [0.3, 0.4) is 0 Å². The molecule has 2 aromatic rings. The van der Waals surface area contributed by atoms with Gasteiger partial charge in [-0.25, -0.2) is 0 Å². The third-order valence-corrected chi connectivity index (χ3v) is 5.63. The number of amides is 1. The second-order valence-electron chi connectivity index (χ2n) is 6.59. The van der Waals surface area contributed by atoms with E-state index in [1.165, 1.54) is 11.3 Å². The number of methoxy groups -OCH3 is 1. The Balaban J connectivity index is 1.61. The van der Waals surface area contributed by atoms with Gasteiger partial charge in [-0.2, -0.15) is 0 Å². The van der Waals surface area contributed by atoms with Crippen LogP contribution in [0.5, 0.6) is 5.75 Å². The molecule has 1 atom stereocenters. The number of carbonyl (C=O) groups excluding carboxylic acids is 1. The molecule has 0 saturated heterocycles. The van der Waals surface area contributed by atoms with Crippen molar-refractivity contribution in [3.63, 3.8) is 0 Å². The van der Waals surface area contributed by atoms with E-state index in [9.17, 15) is 4.79 Å². The van der Waals surface area contributed by atoms with Crippen molar-refractivity contribution in [2.75, 3.05) is 12.4 Å². The van der Waals surface area contributed by atoms with Crippen LogP contribution in [-0.4, -0.2) is 33.1 Å². The first kappa shape index (κ1) is 19.4. The lowest BCUT2D eigenvalue weighted by molar-refractivity contribution is -0.128. The number of alkyl halides is 2. The molecule has 1 heterocycles. The highest BCUT2D eigenvalue weighted by Crippen LogP contribution is 2.59. The van der Waals surface area contributed by atoms with Crippen molar-refractivity contribution in [1.29, 1.82) is 0 Å². The Morgan fingerprint density at radius 1 is 1.35 bits per heavy atom. The van der Waals surface area contributed by atoms with E-state index >= 15 is 0 Å². The number of hydrogen-bond donors (Lipinski definition) is 1. The van der Waals surface area contributed by atoms with Gasteiger partial charge in [-0.15, -0.1) is 33.4 Å². The number of hydrogen-bond acceptors (Lipinski definition) is 6. The molecule has 1 aromatic heterocycles. The topological polar surface area (TPSA) is 73.3 Å². The van der Waals surface area contributed by atoms with Crippen LogP contribution in [-0.2, 0) is 16.1 Å². The first-order chi connectivity index (χ1) is 12.2. The van der Waals surface area contributed by atoms with E-state index in [4.69, 9.17) is 32.7 Å². The molecule has 1 aliphatic rings. The van der Waals surface area contributed by atoms with Crippen molar-refractivity contribution in [2.45, 2.75) is 42.7 Å². The summed E-state index contributed by atoms with van der Waals surface area (Å²) in [6.07, 6.45) is 0.747. The van der Waals surface area contributed by atoms with Gasteiger partial charge in [0.2, 0.25) is 5.13 Å². The van der Waals surface area contributed by atoms with Gasteiger partial charge in [0.25, 0.3) is 5.91 Å². The molecule has 1 fully saturated rings. The summed E-state index contributed by atoms with van der Waals surface area (Å²) in [4.78, 5) is 12.5. The Hall–Kier alpha value is -1.41. The maximum absolute atomic E-state index is 12.5. The summed E-state index contributed by atoms with van der Waals surface area (Å²) >= 11 is 13.4. The summed E-state index contributed by atoms with van der Waals surface area (Å²) in [5.41, 5.74) is -0.0270. The van der Waals surface area contributed by atoms with E-state index in [2.05, 4.69) is 15.5 Å². The Bertz CT molecular complexity index is 793. The van der Waals surface area contributed by atoms with E-state index in [1.807, 2.05) is 24.3 Å². The largest absolute Gasteiger partial charge is 0.478 e. The van der Waals surface area contributed by atoms with Crippen LogP contribution in [0.2, 0.25) is 0 Å². The standard InChI is InChI=1S/C17H19Cl2N3O3S/c1-16(2,14(23)20-15-22-21-13(26-15)9-24-3)25-11-6-4-10(5-7-11)12-8-17(12,18)19/h4-7,12H,8-9H2,1-3H3,(H,20,22,23). The molecule has 26 heavy (non-hydrogen) atoms. The molecule has 1 N–H and O–H groups in total. The average molecular weight is 416 g/mol. The molecule has 0 aliphatic heterocycles. The van der Waals surface area contributed by atoms with Gasteiger partial charge in [0.15, 0.2) is 5.60 Å². The fourth-order valence-corrected chi connectivity index (χ4v) is 3.69. The van der Waals surface area contributed by atoms with Gasteiger partial charge < -0.3 is 9.47 Å². The Morgan fingerprint density at radius 2 is 2.00 bits per heavy atom. The first-order valence-corrected chi connectivity index (χ1v) is 9.58. The second kappa shape index (κ2) is 7.31. The highest BCUT2D eigenvalue weighted by atomic mass is 35.5. The van der Waals surface area contributed by atoms with Crippen LogP contribution in [0.1, 0.15) is 36.8 Å². The third kappa shape index (κ3) is 4.46. The van der Waals surface area contributed by atoms with Crippen LogP contribution < -0.4 is 10.1 Å². The molecule has 9 heteroatoms. The summed E-state index contributed by atoms with van der Waals surface area (Å²) in [5.74, 6) is 0.418. The number of halogens is 2. The first-order valence-electron chi connectivity index (χ1n) is 8.01. The molecule has 0 spiro atoms. The van der Waals surface area contributed by atoms with E-state index in [-0.39, 0.29) is 11.8 Å². The smallest absolute Gasteiger partial charge is 0.269 e. The molecule has 0 bridgehead atoms. The van der Waals surface area contributed by atoms with E-state index in [1.54, 1.807) is 21.0 Å². The zero-order valence-electron chi connectivity index (χ0n) is 14.6. The molecule has 1 aliphatic carbocycles. The highest BCUT2D eigenvalue weighted by Gasteiger charge is 2.52. The number of carbonyl (C=O) groups is 1. The molecule has 1 amide bonds. The number of aromatic nitrogens is 2. The zero-order chi connectivity index (χ0) is 18.9. The predicted molar refractivity (Wildman–Crippen MR) is 102 cm³/mol. The lowest BCUT2D eigenvalue weighted by atomic mass is 10.1. The summed E-state index contributed by atoms with van der Waals surface area (Å²) in [6, 6.07) is 7.47. The SMILES string of the molecule is COCc1nnc(NC(=O)C(C)(C)Oc2ccc(C3CC3(Cl)Cl)cc2)s1. The van der Waals surface area contributed by atoms with Crippen LogP contribution in [0.25, 0.3) is 0 Å². The minimum Gasteiger partial charge on any atom is -0.478 e. The van der Waals surface area contributed by atoms with Gasteiger partial charge in [-0.3, -0.25) is 10.1 Å². The number of nitrogens with one attached hydrogen (secondary N) is 1.